The van der Waals surface area contributed by atoms with Crippen molar-refractivity contribution in [2.24, 2.45) is 0 Å². The van der Waals surface area contributed by atoms with Crippen LogP contribution in [-0.2, 0) is 0 Å². The minimum atomic E-state index is -0.0873. The first-order chi connectivity index (χ1) is 13.7. The average Bonchev–Trinajstić information content (AvgIpc) is 2.74. The Labute approximate surface area is 163 Å². The average molecular weight is 364 g/mol. The van der Waals surface area contributed by atoms with Crippen LogP contribution in [0, 0.1) is 6.92 Å². The lowest BCUT2D eigenvalue weighted by atomic mass is 10.0. The maximum atomic E-state index is 13.4. The van der Waals surface area contributed by atoms with E-state index in [0.717, 1.165) is 27.8 Å². The van der Waals surface area contributed by atoms with Gasteiger partial charge in [0, 0.05) is 11.6 Å². The predicted octanol–water partition coefficient (Wildman–Crippen LogP) is 5.42. The lowest BCUT2D eigenvalue weighted by Crippen LogP contribution is -2.22. The highest BCUT2D eigenvalue weighted by atomic mass is 16.1. The molecule has 0 N–H and O–H groups in total. The third-order valence-corrected chi connectivity index (χ3v) is 4.80. The zero-order valence-corrected chi connectivity index (χ0v) is 15.7. The highest BCUT2D eigenvalue weighted by molar-refractivity contribution is 5.92. The van der Waals surface area contributed by atoms with Gasteiger partial charge in [-0.1, -0.05) is 61.2 Å². The number of aromatic nitrogens is 2. The fraction of sp³-hybridized carbons (Fsp3) is 0.0400. The molecule has 4 rings (SSSR count). The van der Waals surface area contributed by atoms with Gasteiger partial charge in [0.05, 0.1) is 5.69 Å². The molecule has 2 aromatic carbocycles. The van der Waals surface area contributed by atoms with Crippen LogP contribution in [0.15, 0.2) is 96.4 Å². The monoisotopic (exact) mass is 364 g/mol. The van der Waals surface area contributed by atoms with Gasteiger partial charge in [0.25, 0.3) is 5.56 Å². The SMILES string of the molecule is C=CC(=Cc1ccccc1)c1cc2c(C)cccc2c(=O)n1-c1ccccn1. The molecule has 28 heavy (non-hydrogen) atoms. The Kier molecular flexibility index (Phi) is 4.73. The summed E-state index contributed by atoms with van der Waals surface area (Å²) in [4.78, 5) is 17.9. The number of aryl methyl sites for hydroxylation is 1. The molecule has 0 aliphatic carbocycles. The molecule has 4 aromatic rings. The smallest absolute Gasteiger partial charge is 0.264 e. The summed E-state index contributed by atoms with van der Waals surface area (Å²) < 4.78 is 1.66. The highest BCUT2D eigenvalue weighted by Crippen LogP contribution is 2.25. The molecule has 136 valence electrons. The van der Waals surface area contributed by atoms with Crippen LogP contribution in [-0.4, -0.2) is 9.55 Å². The molecule has 0 unspecified atom stereocenters. The van der Waals surface area contributed by atoms with Crippen LogP contribution in [0.25, 0.3) is 28.2 Å². The number of benzene rings is 2. The van der Waals surface area contributed by atoms with Crippen molar-refractivity contribution in [3.05, 3.63) is 119 Å². The Balaban J connectivity index is 2.09. The minimum absolute atomic E-state index is 0.0873. The molecule has 3 heteroatoms. The third kappa shape index (κ3) is 3.19. The molecule has 3 nitrogen and oxygen atoms in total. The van der Waals surface area contributed by atoms with Gasteiger partial charge in [-0.25, -0.2) is 4.98 Å². The van der Waals surface area contributed by atoms with Crippen LogP contribution < -0.4 is 5.56 Å². The van der Waals surface area contributed by atoms with Crippen LogP contribution in [0.5, 0.6) is 0 Å². The van der Waals surface area contributed by atoms with Crippen LogP contribution >= 0.6 is 0 Å². The summed E-state index contributed by atoms with van der Waals surface area (Å²) in [7, 11) is 0. The molecule has 0 saturated carbocycles. The summed E-state index contributed by atoms with van der Waals surface area (Å²) in [5.41, 5.74) is 3.65. The van der Waals surface area contributed by atoms with Crippen LogP contribution in [0.1, 0.15) is 16.8 Å². The Bertz CT molecular complexity index is 1240. The standard InChI is InChI=1S/C25H20N2O/c1-3-20(16-19-11-5-4-6-12-19)23-17-22-18(2)10-9-13-21(22)25(28)27(23)24-14-7-8-15-26-24/h3-17H,1H2,2H3. The first-order valence-electron chi connectivity index (χ1n) is 9.15. The number of fused-ring (bicyclic) bond motifs is 1. The van der Waals surface area contributed by atoms with Crippen molar-refractivity contribution in [1.82, 2.24) is 9.55 Å². The third-order valence-electron chi connectivity index (χ3n) is 4.80. The number of nitrogens with zero attached hydrogens (tertiary/aromatic N) is 2. The summed E-state index contributed by atoms with van der Waals surface area (Å²) in [6.07, 6.45) is 5.51. The summed E-state index contributed by atoms with van der Waals surface area (Å²) >= 11 is 0. The molecule has 0 fully saturated rings. The van der Waals surface area contributed by atoms with E-state index in [1.165, 1.54) is 0 Å². The van der Waals surface area contributed by atoms with Gasteiger partial charge in [-0.3, -0.25) is 9.36 Å². The minimum Gasteiger partial charge on any atom is -0.268 e. The molecular formula is C25H20N2O. The van der Waals surface area contributed by atoms with E-state index < -0.39 is 0 Å². The number of hydrogen-bond acceptors (Lipinski definition) is 2. The van der Waals surface area contributed by atoms with Crippen molar-refractivity contribution < 1.29 is 0 Å². The molecule has 0 atom stereocenters. The van der Waals surface area contributed by atoms with E-state index in [1.54, 1.807) is 16.8 Å². The summed E-state index contributed by atoms with van der Waals surface area (Å²) in [6.45, 7) is 6.02. The van der Waals surface area contributed by atoms with Crippen molar-refractivity contribution in [3.63, 3.8) is 0 Å². The van der Waals surface area contributed by atoms with E-state index in [1.807, 2.05) is 79.7 Å². The van der Waals surface area contributed by atoms with Crippen molar-refractivity contribution in [3.8, 4) is 5.82 Å². The lowest BCUT2D eigenvalue weighted by Gasteiger charge is -2.16. The molecule has 2 heterocycles. The molecular weight excluding hydrogens is 344 g/mol. The fourth-order valence-corrected chi connectivity index (χ4v) is 3.38. The molecule has 0 bridgehead atoms. The van der Waals surface area contributed by atoms with Crippen LogP contribution in [0.3, 0.4) is 0 Å². The topological polar surface area (TPSA) is 34.9 Å². The Morgan fingerprint density at radius 2 is 1.75 bits per heavy atom. The second kappa shape index (κ2) is 7.49. The van der Waals surface area contributed by atoms with Gasteiger partial charge in [0.1, 0.15) is 5.82 Å². The van der Waals surface area contributed by atoms with Gasteiger partial charge < -0.3 is 0 Å². The number of rotatable bonds is 4. The molecule has 0 amide bonds. The Hall–Kier alpha value is -3.72. The Morgan fingerprint density at radius 3 is 2.46 bits per heavy atom. The maximum absolute atomic E-state index is 13.4. The second-order valence-corrected chi connectivity index (χ2v) is 6.61. The lowest BCUT2D eigenvalue weighted by molar-refractivity contribution is 0.938. The molecule has 0 aliphatic heterocycles. The van der Waals surface area contributed by atoms with Crippen LogP contribution in [0.4, 0.5) is 0 Å². The van der Waals surface area contributed by atoms with Crippen molar-refractivity contribution in [1.29, 1.82) is 0 Å². The fourth-order valence-electron chi connectivity index (χ4n) is 3.38. The molecule has 0 saturated heterocycles. The van der Waals surface area contributed by atoms with E-state index in [0.29, 0.717) is 11.2 Å². The summed E-state index contributed by atoms with van der Waals surface area (Å²) in [5.74, 6) is 0.590. The largest absolute Gasteiger partial charge is 0.268 e. The quantitative estimate of drug-likeness (QED) is 0.453. The normalized spacial score (nSPS) is 11.5. The molecule has 0 radical (unpaired) electrons. The van der Waals surface area contributed by atoms with Gasteiger partial charge in [-0.15, -0.1) is 0 Å². The van der Waals surface area contributed by atoms with Gasteiger partial charge in [0.15, 0.2) is 0 Å². The van der Waals surface area contributed by atoms with E-state index >= 15 is 0 Å². The summed E-state index contributed by atoms with van der Waals surface area (Å²) in [6, 6.07) is 23.4. The number of allylic oxidation sites excluding steroid dienone is 2. The number of pyridine rings is 2. The van der Waals surface area contributed by atoms with Gasteiger partial charge in [-0.05, 0) is 59.4 Å². The maximum Gasteiger partial charge on any atom is 0.264 e. The number of hydrogen-bond donors (Lipinski definition) is 0. The first kappa shape index (κ1) is 17.7. The molecule has 0 aliphatic rings. The van der Waals surface area contributed by atoms with Crippen LogP contribution in [0.2, 0.25) is 0 Å². The van der Waals surface area contributed by atoms with Gasteiger partial charge in [0.2, 0.25) is 0 Å². The van der Waals surface area contributed by atoms with Crippen molar-refractivity contribution in [2.45, 2.75) is 6.92 Å². The van der Waals surface area contributed by atoms with Crippen molar-refractivity contribution in [2.75, 3.05) is 0 Å². The summed E-state index contributed by atoms with van der Waals surface area (Å²) in [5, 5.41) is 1.62. The predicted molar refractivity (Wildman–Crippen MR) is 117 cm³/mol. The zero-order chi connectivity index (χ0) is 19.5. The van der Waals surface area contributed by atoms with E-state index in [4.69, 9.17) is 0 Å². The van der Waals surface area contributed by atoms with Crippen molar-refractivity contribution >= 4 is 22.4 Å². The van der Waals surface area contributed by atoms with E-state index in [2.05, 4.69) is 17.6 Å². The highest BCUT2D eigenvalue weighted by Gasteiger charge is 2.15. The Morgan fingerprint density at radius 1 is 0.964 bits per heavy atom. The second-order valence-electron chi connectivity index (χ2n) is 6.61. The first-order valence-corrected chi connectivity index (χ1v) is 9.15. The van der Waals surface area contributed by atoms with E-state index in [-0.39, 0.29) is 5.56 Å². The van der Waals surface area contributed by atoms with Gasteiger partial charge in [-0.2, -0.15) is 0 Å². The molecule has 2 aromatic heterocycles. The molecule has 0 spiro atoms. The van der Waals surface area contributed by atoms with Gasteiger partial charge >= 0.3 is 0 Å². The van der Waals surface area contributed by atoms with E-state index in [9.17, 15) is 4.79 Å². The zero-order valence-electron chi connectivity index (χ0n) is 15.7.